The maximum Gasteiger partial charge on any atom is 0.132 e. The SMILES string of the molecule is COCc1c(F)ccc(CN2CCNCC2)c1OC. The summed E-state index contributed by atoms with van der Waals surface area (Å²) in [6.07, 6.45) is 0. The third-order valence-electron chi connectivity index (χ3n) is 3.38. The van der Waals surface area contributed by atoms with Gasteiger partial charge in [0.05, 0.1) is 19.3 Å². The third kappa shape index (κ3) is 3.43. The summed E-state index contributed by atoms with van der Waals surface area (Å²) in [4.78, 5) is 2.34. The van der Waals surface area contributed by atoms with E-state index in [9.17, 15) is 4.39 Å². The Labute approximate surface area is 113 Å². The molecule has 0 radical (unpaired) electrons. The molecule has 0 aliphatic carbocycles. The predicted molar refractivity (Wildman–Crippen MR) is 71.8 cm³/mol. The molecule has 0 saturated carbocycles. The van der Waals surface area contributed by atoms with E-state index in [1.807, 2.05) is 0 Å². The zero-order chi connectivity index (χ0) is 13.7. The molecule has 1 heterocycles. The van der Waals surface area contributed by atoms with Gasteiger partial charge in [0.2, 0.25) is 0 Å². The maximum absolute atomic E-state index is 13.8. The van der Waals surface area contributed by atoms with Crippen LogP contribution in [0.1, 0.15) is 11.1 Å². The third-order valence-corrected chi connectivity index (χ3v) is 3.38. The second-order valence-electron chi connectivity index (χ2n) is 4.68. The van der Waals surface area contributed by atoms with Gasteiger partial charge in [0.25, 0.3) is 0 Å². The fourth-order valence-electron chi connectivity index (χ4n) is 2.42. The van der Waals surface area contributed by atoms with Crippen LogP contribution in [-0.4, -0.2) is 45.3 Å². The Morgan fingerprint density at radius 2 is 2.00 bits per heavy atom. The lowest BCUT2D eigenvalue weighted by Crippen LogP contribution is -2.42. The molecule has 106 valence electrons. The highest BCUT2D eigenvalue weighted by atomic mass is 19.1. The summed E-state index contributed by atoms with van der Waals surface area (Å²) in [6.45, 7) is 5.00. The predicted octanol–water partition coefficient (Wildman–Crippen LogP) is 1.39. The van der Waals surface area contributed by atoms with Crippen molar-refractivity contribution in [3.8, 4) is 5.75 Å². The average molecular weight is 268 g/mol. The van der Waals surface area contributed by atoms with Gasteiger partial charge >= 0.3 is 0 Å². The summed E-state index contributed by atoms with van der Waals surface area (Å²) in [5, 5.41) is 3.32. The van der Waals surface area contributed by atoms with Crippen molar-refractivity contribution in [2.24, 2.45) is 0 Å². The number of halogens is 1. The number of benzene rings is 1. The molecule has 1 aliphatic heterocycles. The van der Waals surface area contributed by atoms with Gasteiger partial charge in [-0.3, -0.25) is 4.90 Å². The van der Waals surface area contributed by atoms with E-state index in [1.54, 1.807) is 20.3 Å². The second-order valence-corrected chi connectivity index (χ2v) is 4.68. The van der Waals surface area contributed by atoms with Gasteiger partial charge in [0, 0.05) is 45.4 Å². The van der Waals surface area contributed by atoms with E-state index in [0.29, 0.717) is 11.3 Å². The number of hydrogen-bond acceptors (Lipinski definition) is 4. The van der Waals surface area contributed by atoms with Crippen LogP contribution in [0.2, 0.25) is 0 Å². The fraction of sp³-hybridized carbons (Fsp3) is 0.571. The van der Waals surface area contributed by atoms with Gasteiger partial charge in [-0.15, -0.1) is 0 Å². The van der Waals surface area contributed by atoms with Crippen LogP contribution in [0.15, 0.2) is 12.1 Å². The molecule has 0 bridgehead atoms. The van der Waals surface area contributed by atoms with Crippen LogP contribution in [0.5, 0.6) is 5.75 Å². The molecule has 19 heavy (non-hydrogen) atoms. The van der Waals surface area contributed by atoms with Gasteiger partial charge in [-0.05, 0) is 6.07 Å². The highest BCUT2D eigenvalue weighted by Gasteiger charge is 2.17. The summed E-state index contributed by atoms with van der Waals surface area (Å²) >= 11 is 0. The lowest BCUT2D eigenvalue weighted by molar-refractivity contribution is 0.177. The number of nitrogens with one attached hydrogen (secondary N) is 1. The molecule has 1 aromatic rings. The molecule has 5 heteroatoms. The minimum atomic E-state index is -0.275. The largest absolute Gasteiger partial charge is 0.496 e. The Morgan fingerprint density at radius 3 is 2.63 bits per heavy atom. The molecule has 1 saturated heterocycles. The molecule has 1 fully saturated rings. The molecule has 0 amide bonds. The molecule has 4 nitrogen and oxygen atoms in total. The minimum absolute atomic E-state index is 0.227. The molecule has 0 spiro atoms. The Balaban J connectivity index is 2.21. The first-order valence-corrected chi connectivity index (χ1v) is 6.52. The summed E-state index contributed by atoms with van der Waals surface area (Å²) in [7, 11) is 3.14. The van der Waals surface area contributed by atoms with Crippen molar-refractivity contribution in [1.29, 1.82) is 0 Å². The number of hydrogen-bond donors (Lipinski definition) is 1. The topological polar surface area (TPSA) is 33.7 Å². The Kier molecular flexibility index (Phi) is 5.13. The number of nitrogens with zero attached hydrogens (tertiary/aromatic N) is 1. The van der Waals surface area contributed by atoms with Crippen LogP contribution < -0.4 is 10.1 Å². The number of piperazine rings is 1. The standard InChI is InChI=1S/C14H21FN2O2/c1-18-10-12-13(15)4-3-11(14(12)19-2)9-17-7-5-16-6-8-17/h3-4,16H,5-10H2,1-2H3. The summed E-state index contributed by atoms with van der Waals surface area (Å²) in [6, 6.07) is 3.30. The molecule has 1 aromatic carbocycles. The van der Waals surface area contributed by atoms with E-state index in [1.165, 1.54) is 6.07 Å². The first-order valence-electron chi connectivity index (χ1n) is 6.52. The second kappa shape index (κ2) is 6.84. The van der Waals surface area contributed by atoms with Gasteiger partial charge in [-0.2, -0.15) is 0 Å². The number of ether oxygens (including phenoxy) is 2. The molecular weight excluding hydrogens is 247 g/mol. The van der Waals surface area contributed by atoms with E-state index in [4.69, 9.17) is 9.47 Å². The smallest absolute Gasteiger partial charge is 0.132 e. The highest BCUT2D eigenvalue weighted by molar-refractivity contribution is 5.42. The van der Waals surface area contributed by atoms with Crippen molar-refractivity contribution in [1.82, 2.24) is 10.2 Å². The Bertz CT molecular complexity index is 420. The van der Waals surface area contributed by atoms with Crippen LogP contribution in [-0.2, 0) is 17.9 Å². The number of rotatable bonds is 5. The van der Waals surface area contributed by atoms with Crippen LogP contribution in [0.25, 0.3) is 0 Å². The summed E-state index contributed by atoms with van der Waals surface area (Å²) in [5.74, 6) is 0.336. The Morgan fingerprint density at radius 1 is 1.26 bits per heavy atom. The quantitative estimate of drug-likeness (QED) is 0.875. The number of methoxy groups -OCH3 is 2. The van der Waals surface area contributed by atoms with E-state index in [0.717, 1.165) is 38.3 Å². The van der Waals surface area contributed by atoms with Gasteiger partial charge in [0.1, 0.15) is 11.6 Å². The molecule has 2 rings (SSSR count). The van der Waals surface area contributed by atoms with Crippen molar-refractivity contribution in [2.75, 3.05) is 40.4 Å². The molecule has 1 N–H and O–H groups in total. The average Bonchev–Trinajstić information content (AvgIpc) is 2.44. The van der Waals surface area contributed by atoms with E-state index >= 15 is 0 Å². The monoisotopic (exact) mass is 268 g/mol. The normalized spacial score (nSPS) is 16.6. The molecular formula is C14H21FN2O2. The van der Waals surface area contributed by atoms with Crippen LogP contribution in [0, 0.1) is 5.82 Å². The van der Waals surface area contributed by atoms with Crippen molar-refractivity contribution >= 4 is 0 Å². The van der Waals surface area contributed by atoms with Crippen molar-refractivity contribution in [3.05, 3.63) is 29.1 Å². The van der Waals surface area contributed by atoms with Crippen molar-refractivity contribution in [3.63, 3.8) is 0 Å². The van der Waals surface area contributed by atoms with Gasteiger partial charge in [-0.25, -0.2) is 4.39 Å². The highest BCUT2D eigenvalue weighted by Crippen LogP contribution is 2.28. The molecule has 0 aromatic heterocycles. The first kappa shape index (κ1) is 14.2. The van der Waals surface area contributed by atoms with Gasteiger partial charge < -0.3 is 14.8 Å². The van der Waals surface area contributed by atoms with Gasteiger partial charge in [0.15, 0.2) is 0 Å². The van der Waals surface area contributed by atoms with Crippen LogP contribution >= 0.6 is 0 Å². The molecule has 0 atom stereocenters. The Hall–Kier alpha value is -1.17. The molecule has 1 aliphatic rings. The summed E-state index contributed by atoms with van der Waals surface area (Å²) in [5.41, 5.74) is 1.51. The minimum Gasteiger partial charge on any atom is -0.496 e. The van der Waals surface area contributed by atoms with Crippen molar-refractivity contribution < 1.29 is 13.9 Å². The molecule has 0 unspecified atom stereocenters. The maximum atomic E-state index is 13.8. The fourth-order valence-corrected chi connectivity index (χ4v) is 2.42. The van der Waals surface area contributed by atoms with Crippen LogP contribution in [0.4, 0.5) is 4.39 Å². The van der Waals surface area contributed by atoms with E-state index < -0.39 is 0 Å². The lowest BCUT2D eigenvalue weighted by atomic mass is 10.1. The van der Waals surface area contributed by atoms with Crippen molar-refractivity contribution in [2.45, 2.75) is 13.2 Å². The van der Waals surface area contributed by atoms with E-state index in [2.05, 4.69) is 10.2 Å². The summed E-state index contributed by atoms with van der Waals surface area (Å²) < 4.78 is 24.2. The van der Waals surface area contributed by atoms with Crippen LogP contribution in [0.3, 0.4) is 0 Å². The first-order chi connectivity index (χ1) is 9.26. The zero-order valence-electron chi connectivity index (χ0n) is 11.5. The van der Waals surface area contributed by atoms with Gasteiger partial charge in [-0.1, -0.05) is 6.07 Å². The van der Waals surface area contributed by atoms with E-state index in [-0.39, 0.29) is 12.4 Å². The lowest BCUT2D eigenvalue weighted by Gasteiger charge is -2.28. The zero-order valence-corrected chi connectivity index (χ0v) is 11.5.